The van der Waals surface area contributed by atoms with Crippen LogP contribution in [-0.2, 0) is 0 Å². The summed E-state index contributed by atoms with van der Waals surface area (Å²) in [6, 6.07) is 2.37. The third-order valence-corrected chi connectivity index (χ3v) is 4.85. The third-order valence-electron chi connectivity index (χ3n) is 4.17. The number of nitrogens with zero attached hydrogens (tertiary/aromatic N) is 1. The first-order valence-corrected chi connectivity index (χ1v) is 7.29. The zero-order valence-electron chi connectivity index (χ0n) is 10.1. The van der Waals surface area contributed by atoms with Gasteiger partial charge >= 0.3 is 0 Å². The van der Waals surface area contributed by atoms with Crippen LogP contribution in [0.1, 0.15) is 23.7 Å². The van der Waals surface area contributed by atoms with E-state index < -0.39 is 0 Å². The van der Waals surface area contributed by atoms with Crippen molar-refractivity contribution in [1.29, 1.82) is 0 Å². The zero-order valence-corrected chi connectivity index (χ0v) is 10.9. The Bertz CT molecular complexity index is 404. The average Bonchev–Trinajstić information content (AvgIpc) is 3.03. The summed E-state index contributed by atoms with van der Waals surface area (Å²) in [7, 11) is 0. The lowest BCUT2D eigenvalue weighted by atomic mass is 9.93. The first-order chi connectivity index (χ1) is 8.31. The first-order valence-electron chi connectivity index (χ1n) is 6.35. The molecule has 92 valence electrons. The van der Waals surface area contributed by atoms with E-state index in [1.807, 2.05) is 16.8 Å². The molecule has 1 aromatic heterocycles. The molecule has 0 aromatic carbocycles. The van der Waals surface area contributed by atoms with Crippen molar-refractivity contribution >= 4 is 17.2 Å². The number of hydrogen-bond acceptors (Lipinski definition) is 3. The minimum Gasteiger partial charge on any atom is -0.335 e. The standard InChI is InChI=1S/C13H18N2OS/c1-2-12-11-6-14-5-10(11)7-15(12)13(16)9-3-4-17-8-9/h3-4,8,10-12,14H,2,5-7H2,1H3. The number of hydrogen-bond donors (Lipinski definition) is 1. The molecule has 3 rings (SSSR count). The van der Waals surface area contributed by atoms with Crippen molar-refractivity contribution in [2.45, 2.75) is 19.4 Å². The van der Waals surface area contributed by atoms with Gasteiger partial charge in [0.1, 0.15) is 0 Å². The molecule has 3 atom stereocenters. The molecule has 3 unspecified atom stereocenters. The van der Waals surface area contributed by atoms with Gasteiger partial charge in [0.2, 0.25) is 0 Å². The second-order valence-corrected chi connectivity index (χ2v) is 5.81. The quantitative estimate of drug-likeness (QED) is 0.868. The monoisotopic (exact) mass is 250 g/mol. The number of likely N-dealkylation sites (tertiary alicyclic amines) is 1. The van der Waals surface area contributed by atoms with Gasteiger partial charge in [0.05, 0.1) is 5.56 Å². The SMILES string of the molecule is CCC1C2CNCC2CN1C(=O)c1ccsc1. The number of carbonyl (C=O) groups is 1. The van der Waals surface area contributed by atoms with E-state index in [2.05, 4.69) is 17.1 Å². The van der Waals surface area contributed by atoms with Crippen LogP contribution in [-0.4, -0.2) is 36.5 Å². The van der Waals surface area contributed by atoms with Crippen molar-refractivity contribution in [1.82, 2.24) is 10.2 Å². The lowest BCUT2D eigenvalue weighted by Gasteiger charge is -2.26. The molecule has 2 aliphatic heterocycles. The number of rotatable bonds is 2. The maximum Gasteiger partial charge on any atom is 0.254 e. The molecule has 0 spiro atoms. The van der Waals surface area contributed by atoms with Gasteiger partial charge in [0, 0.05) is 31.1 Å². The van der Waals surface area contributed by atoms with Crippen molar-refractivity contribution in [3.05, 3.63) is 22.4 Å². The number of thiophene rings is 1. The predicted octanol–water partition coefficient (Wildman–Crippen LogP) is 1.82. The third kappa shape index (κ3) is 1.79. The topological polar surface area (TPSA) is 32.3 Å². The molecule has 17 heavy (non-hydrogen) atoms. The summed E-state index contributed by atoms with van der Waals surface area (Å²) in [6.45, 7) is 5.29. The molecule has 0 radical (unpaired) electrons. The van der Waals surface area contributed by atoms with Gasteiger partial charge in [-0.2, -0.15) is 11.3 Å². The molecule has 4 heteroatoms. The van der Waals surface area contributed by atoms with Crippen LogP contribution >= 0.6 is 11.3 Å². The Morgan fingerprint density at radius 1 is 1.59 bits per heavy atom. The zero-order chi connectivity index (χ0) is 11.8. The molecule has 3 heterocycles. The van der Waals surface area contributed by atoms with E-state index in [1.54, 1.807) is 11.3 Å². The van der Waals surface area contributed by atoms with Crippen LogP contribution in [0.4, 0.5) is 0 Å². The highest BCUT2D eigenvalue weighted by molar-refractivity contribution is 7.08. The van der Waals surface area contributed by atoms with E-state index in [-0.39, 0.29) is 5.91 Å². The summed E-state index contributed by atoms with van der Waals surface area (Å²) in [6.07, 6.45) is 1.07. The van der Waals surface area contributed by atoms with Gasteiger partial charge < -0.3 is 10.2 Å². The maximum absolute atomic E-state index is 12.4. The number of fused-ring (bicyclic) bond motifs is 1. The van der Waals surface area contributed by atoms with Crippen molar-refractivity contribution in [3.8, 4) is 0 Å². The molecule has 2 aliphatic rings. The number of amides is 1. The average molecular weight is 250 g/mol. The Balaban J connectivity index is 1.81. The summed E-state index contributed by atoms with van der Waals surface area (Å²) in [5.41, 5.74) is 0.862. The molecule has 1 aromatic rings. The normalized spacial score (nSPS) is 31.8. The van der Waals surface area contributed by atoms with Crippen LogP contribution in [0.3, 0.4) is 0 Å². The Morgan fingerprint density at radius 3 is 3.18 bits per heavy atom. The molecule has 1 N–H and O–H groups in total. The van der Waals surface area contributed by atoms with Crippen LogP contribution in [0.15, 0.2) is 16.8 Å². The summed E-state index contributed by atoms with van der Waals surface area (Å²) in [5, 5.41) is 7.39. The Labute approximate surface area is 106 Å². The highest BCUT2D eigenvalue weighted by Crippen LogP contribution is 2.35. The molecule has 2 fully saturated rings. The van der Waals surface area contributed by atoms with Gasteiger partial charge in [-0.05, 0) is 29.7 Å². The van der Waals surface area contributed by atoms with E-state index >= 15 is 0 Å². The van der Waals surface area contributed by atoms with Gasteiger partial charge in [-0.15, -0.1) is 0 Å². The van der Waals surface area contributed by atoms with Crippen molar-refractivity contribution in [2.24, 2.45) is 11.8 Å². The van der Waals surface area contributed by atoms with Gasteiger partial charge in [-0.25, -0.2) is 0 Å². The van der Waals surface area contributed by atoms with Gasteiger partial charge in [0.25, 0.3) is 5.91 Å². The maximum atomic E-state index is 12.4. The summed E-state index contributed by atoms with van der Waals surface area (Å²) in [5.74, 6) is 1.57. The summed E-state index contributed by atoms with van der Waals surface area (Å²) in [4.78, 5) is 14.5. The molecular weight excluding hydrogens is 232 g/mol. The van der Waals surface area contributed by atoms with E-state index in [1.165, 1.54) is 0 Å². The van der Waals surface area contributed by atoms with E-state index in [4.69, 9.17) is 0 Å². The summed E-state index contributed by atoms with van der Waals surface area (Å²) >= 11 is 1.60. The van der Waals surface area contributed by atoms with Crippen LogP contribution in [0, 0.1) is 11.8 Å². The Morgan fingerprint density at radius 2 is 2.47 bits per heavy atom. The fraction of sp³-hybridized carbons (Fsp3) is 0.615. The van der Waals surface area contributed by atoms with Crippen molar-refractivity contribution in [3.63, 3.8) is 0 Å². The van der Waals surface area contributed by atoms with Crippen molar-refractivity contribution < 1.29 is 4.79 Å². The van der Waals surface area contributed by atoms with Gasteiger partial charge in [-0.1, -0.05) is 6.92 Å². The lowest BCUT2D eigenvalue weighted by molar-refractivity contribution is 0.0712. The second-order valence-electron chi connectivity index (χ2n) is 5.03. The minimum absolute atomic E-state index is 0.229. The highest BCUT2D eigenvalue weighted by atomic mass is 32.1. The van der Waals surface area contributed by atoms with Crippen LogP contribution in [0.5, 0.6) is 0 Å². The van der Waals surface area contributed by atoms with Crippen molar-refractivity contribution in [2.75, 3.05) is 19.6 Å². The molecular formula is C13H18N2OS. The molecule has 2 saturated heterocycles. The largest absolute Gasteiger partial charge is 0.335 e. The van der Waals surface area contributed by atoms with Crippen LogP contribution in [0.2, 0.25) is 0 Å². The minimum atomic E-state index is 0.229. The van der Waals surface area contributed by atoms with Gasteiger partial charge in [-0.3, -0.25) is 4.79 Å². The van der Waals surface area contributed by atoms with Gasteiger partial charge in [0.15, 0.2) is 0 Å². The Hall–Kier alpha value is -0.870. The molecule has 0 saturated carbocycles. The smallest absolute Gasteiger partial charge is 0.254 e. The lowest BCUT2D eigenvalue weighted by Crippen LogP contribution is -2.39. The van der Waals surface area contributed by atoms with E-state index in [0.717, 1.165) is 31.6 Å². The van der Waals surface area contributed by atoms with Crippen LogP contribution in [0.25, 0.3) is 0 Å². The van der Waals surface area contributed by atoms with E-state index in [0.29, 0.717) is 17.9 Å². The molecule has 3 nitrogen and oxygen atoms in total. The number of nitrogens with one attached hydrogen (secondary N) is 1. The second kappa shape index (κ2) is 4.42. The Kier molecular flexibility index (Phi) is 2.92. The highest BCUT2D eigenvalue weighted by Gasteiger charge is 2.45. The summed E-state index contributed by atoms with van der Waals surface area (Å²) < 4.78 is 0. The molecule has 0 aliphatic carbocycles. The van der Waals surface area contributed by atoms with Crippen LogP contribution < -0.4 is 5.32 Å². The molecule has 1 amide bonds. The first kappa shape index (κ1) is 11.2. The fourth-order valence-corrected chi connectivity index (χ4v) is 3.96. The predicted molar refractivity (Wildman–Crippen MR) is 69.3 cm³/mol. The fourth-order valence-electron chi connectivity index (χ4n) is 3.33. The number of carbonyl (C=O) groups excluding carboxylic acids is 1. The van der Waals surface area contributed by atoms with E-state index in [9.17, 15) is 4.79 Å². The molecule has 0 bridgehead atoms.